The van der Waals surface area contributed by atoms with Crippen molar-refractivity contribution in [2.75, 3.05) is 13.1 Å². The Morgan fingerprint density at radius 2 is 1.79 bits per heavy atom. The molecule has 0 radical (unpaired) electrons. The number of alkyl halides is 6. The lowest BCUT2D eigenvalue weighted by molar-refractivity contribution is -0.164. The SMILES string of the molecule is CCC[C@H]1N(C(=O)c2ncccc2C(F)(F)F)CCC[C@@]1(Oc1csc(C(F)(F)F)c1)C(=O)N1CCc2ccc(F)cc2[C@@H]1CC(C(=O)O)C(C)C. The highest BCUT2D eigenvalue weighted by atomic mass is 32.1. The molecule has 3 aromatic rings. The predicted molar refractivity (Wildman–Crippen MR) is 176 cm³/mol. The Hall–Kier alpha value is -4.21. The Kier molecular flexibility index (Phi) is 11.3. The molecular formula is C36H38F7N3O5S. The number of hydrogen-bond acceptors (Lipinski definition) is 6. The first-order chi connectivity index (χ1) is 24.4. The van der Waals surface area contributed by atoms with E-state index in [1.165, 1.54) is 17.0 Å². The predicted octanol–water partition coefficient (Wildman–Crippen LogP) is 8.42. The van der Waals surface area contributed by atoms with E-state index in [4.69, 9.17) is 4.74 Å². The fourth-order valence-corrected chi connectivity index (χ4v) is 8.06. The molecule has 2 aliphatic rings. The number of carboxylic acid groups (broad SMARTS) is 1. The second kappa shape index (κ2) is 15.0. The summed E-state index contributed by atoms with van der Waals surface area (Å²) >= 11 is 0.325. The van der Waals surface area contributed by atoms with Crippen LogP contribution in [0.5, 0.6) is 5.75 Å². The fourth-order valence-electron chi connectivity index (χ4n) is 7.38. The van der Waals surface area contributed by atoms with Crippen LogP contribution in [0, 0.1) is 17.7 Å². The molecule has 1 aromatic carbocycles. The van der Waals surface area contributed by atoms with E-state index in [1.807, 2.05) is 0 Å². The molecule has 5 rings (SSSR count). The van der Waals surface area contributed by atoms with Crippen LogP contribution in [0.3, 0.4) is 0 Å². The third kappa shape index (κ3) is 7.76. The van der Waals surface area contributed by atoms with Gasteiger partial charge in [0, 0.05) is 37.2 Å². The first kappa shape index (κ1) is 39.0. The molecule has 1 N–H and O–H groups in total. The van der Waals surface area contributed by atoms with Gasteiger partial charge >= 0.3 is 18.3 Å². The number of thiophene rings is 1. The van der Waals surface area contributed by atoms with Gasteiger partial charge in [-0.1, -0.05) is 33.3 Å². The number of rotatable bonds is 10. The molecule has 16 heteroatoms. The number of carboxylic acids is 1. The number of hydrogen-bond donors (Lipinski definition) is 1. The Morgan fingerprint density at radius 3 is 2.40 bits per heavy atom. The summed E-state index contributed by atoms with van der Waals surface area (Å²) < 4.78 is 105. The molecule has 0 spiro atoms. The summed E-state index contributed by atoms with van der Waals surface area (Å²) in [5, 5.41) is 11.2. The van der Waals surface area contributed by atoms with Gasteiger partial charge < -0.3 is 19.6 Å². The highest BCUT2D eigenvalue weighted by molar-refractivity contribution is 7.10. The smallest absolute Gasteiger partial charge is 0.425 e. The maximum atomic E-state index is 15.3. The van der Waals surface area contributed by atoms with E-state index < -0.39 is 81.6 Å². The molecular weight excluding hydrogens is 719 g/mol. The molecule has 2 amide bonds. The van der Waals surface area contributed by atoms with Gasteiger partial charge in [-0.15, -0.1) is 11.3 Å². The number of halogens is 7. The number of amides is 2. The number of pyridine rings is 1. The number of carbonyl (C=O) groups excluding carboxylic acids is 2. The highest BCUT2D eigenvalue weighted by Crippen LogP contribution is 2.45. The van der Waals surface area contributed by atoms with Gasteiger partial charge in [-0.2, -0.15) is 26.3 Å². The molecule has 4 heterocycles. The van der Waals surface area contributed by atoms with Crippen LogP contribution in [0.2, 0.25) is 0 Å². The Balaban J connectivity index is 1.68. The number of carbonyl (C=O) groups is 3. The van der Waals surface area contributed by atoms with Crippen LogP contribution in [-0.2, 0) is 28.4 Å². The van der Waals surface area contributed by atoms with Crippen molar-refractivity contribution in [2.24, 2.45) is 11.8 Å². The van der Waals surface area contributed by atoms with E-state index in [-0.39, 0.29) is 57.4 Å². The van der Waals surface area contributed by atoms with Crippen LogP contribution in [0.15, 0.2) is 48.0 Å². The Labute approximate surface area is 299 Å². The molecule has 1 unspecified atom stereocenters. The van der Waals surface area contributed by atoms with E-state index in [9.17, 15) is 45.4 Å². The molecule has 4 atom stereocenters. The average Bonchev–Trinajstić information content (AvgIpc) is 3.56. The van der Waals surface area contributed by atoms with Crippen molar-refractivity contribution < 1.29 is 55.0 Å². The summed E-state index contributed by atoms with van der Waals surface area (Å²) in [6, 6.07) is 4.17. The van der Waals surface area contributed by atoms with Gasteiger partial charge in [-0.05, 0) is 67.0 Å². The van der Waals surface area contributed by atoms with Crippen LogP contribution in [0.4, 0.5) is 30.7 Å². The van der Waals surface area contributed by atoms with Gasteiger partial charge in [0.15, 0.2) is 0 Å². The van der Waals surface area contributed by atoms with Gasteiger partial charge in [-0.3, -0.25) is 19.4 Å². The maximum absolute atomic E-state index is 15.3. The largest absolute Gasteiger partial charge is 0.481 e. The van der Waals surface area contributed by atoms with Crippen LogP contribution < -0.4 is 4.74 Å². The number of aromatic nitrogens is 1. The number of nitrogens with zero attached hydrogens (tertiary/aromatic N) is 3. The Bertz CT molecular complexity index is 1800. The number of likely N-dealkylation sites (tertiary alicyclic amines) is 1. The molecule has 0 saturated carbocycles. The van der Waals surface area contributed by atoms with Gasteiger partial charge in [0.25, 0.3) is 11.8 Å². The zero-order valence-electron chi connectivity index (χ0n) is 28.6. The van der Waals surface area contributed by atoms with E-state index >= 15 is 4.79 Å². The quantitative estimate of drug-likeness (QED) is 0.209. The molecule has 1 saturated heterocycles. The van der Waals surface area contributed by atoms with Crippen molar-refractivity contribution in [3.05, 3.63) is 81.1 Å². The molecule has 2 aromatic heterocycles. The number of aliphatic carboxylic acids is 1. The first-order valence-corrected chi connectivity index (χ1v) is 17.8. The highest BCUT2D eigenvalue weighted by Gasteiger charge is 2.57. The second-order valence-electron chi connectivity index (χ2n) is 13.5. The first-order valence-electron chi connectivity index (χ1n) is 16.9. The summed E-state index contributed by atoms with van der Waals surface area (Å²) in [7, 11) is 0. The van der Waals surface area contributed by atoms with Crippen molar-refractivity contribution in [3.8, 4) is 5.75 Å². The number of benzene rings is 1. The Morgan fingerprint density at radius 1 is 1.06 bits per heavy atom. The van der Waals surface area contributed by atoms with Crippen LogP contribution in [0.25, 0.3) is 0 Å². The topological polar surface area (TPSA) is 100 Å². The molecule has 0 aliphatic carbocycles. The van der Waals surface area contributed by atoms with Crippen molar-refractivity contribution in [1.82, 2.24) is 14.8 Å². The minimum Gasteiger partial charge on any atom is -0.481 e. The zero-order valence-corrected chi connectivity index (χ0v) is 29.4. The average molecular weight is 758 g/mol. The third-order valence-electron chi connectivity index (χ3n) is 9.84. The van der Waals surface area contributed by atoms with Crippen LogP contribution in [-0.4, -0.2) is 62.4 Å². The number of fused-ring (bicyclic) bond motifs is 1. The molecule has 282 valence electrons. The molecule has 2 aliphatic heterocycles. The molecule has 52 heavy (non-hydrogen) atoms. The number of piperidine rings is 1. The van der Waals surface area contributed by atoms with Gasteiger partial charge in [0.2, 0.25) is 5.60 Å². The van der Waals surface area contributed by atoms with Crippen LogP contribution in [0.1, 0.15) is 91.0 Å². The summed E-state index contributed by atoms with van der Waals surface area (Å²) in [4.78, 5) is 47.0. The third-order valence-corrected chi connectivity index (χ3v) is 10.8. The lowest BCUT2D eigenvalue weighted by atomic mass is 9.77. The van der Waals surface area contributed by atoms with E-state index in [1.54, 1.807) is 26.8 Å². The summed E-state index contributed by atoms with van der Waals surface area (Å²) in [5.74, 6) is -5.47. The van der Waals surface area contributed by atoms with E-state index in [0.717, 1.165) is 28.6 Å². The molecule has 8 nitrogen and oxygen atoms in total. The lowest BCUT2D eigenvalue weighted by Gasteiger charge is -2.51. The summed E-state index contributed by atoms with van der Waals surface area (Å²) in [5.41, 5.74) is -3.31. The van der Waals surface area contributed by atoms with Crippen molar-refractivity contribution >= 4 is 29.1 Å². The van der Waals surface area contributed by atoms with E-state index in [0.29, 0.717) is 28.5 Å². The minimum atomic E-state index is -4.95. The number of ether oxygens (including phenoxy) is 1. The zero-order chi connectivity index (χ0) is 38.2. The monoisotopic (exact) mass is 757 g/mol. The summed E-state index contributed by atoms with van der Waals surface area (Å²) in [6.07, 6.45) is -8.46. The fraction of sp³-hybridized carbons (Fsp3) is 0.500. The normalized spacial score (nSPS) is 21.5. The van der Waals surface area contributed by atoms with Crippen molar-refractivity contribution in [1.29, 1.82) is 0 Å². The lowest BCUT2D eigenvalue weighted by Crippen LogP contribution is -2.68. The van der Waals surface area contributed by atoms with Gasteiger partial charge in [-0.25, -0.2) is 4.39 Å². The van der Waals surface area contributed by atoms with Crippen LogP contribution >= 0.6 is 11.3 Å². The van der Waals surface area contributed by atoms with Gasteiger partial charge in [0.1, 0.15) is 22.1 Å². The van der Waals surface area contributed by atoms with E-state index in [2.05, 4.69) is 4.98 Å². The van der Waals surface area contributed by atoms with Gasteiger partial charge in [0.05, 0.1) is 23.6 Å². The second-order valence-corrected chi connectivity index (χ2v) is 14.4. The summed E-state index contributed by atoms with van der Waals surface area (Å²) in [6.45, 7) is 4.96. The molecule has 0 bridgehead atoms. The standard InChI is InChI=1S/C36H38F7N3O5S/c1-4-7-28-34(51-23-17-29(52-19-23)36(41,42)43,12-6-14-46(28)31(47)30-26(35(38,39)40)8-5-13-44-30)33(50)45-15-11-21-9-10-22(37)16-25(21)27(45)18-24(20(2)3)32(48)49/h5,8-10,13,16-17,19-20,24,27-28H,4,6-7,11-12,14-15,18H2,1-3H3,(H,48,49)/t24?,27-,28+,34-/m0/s1. The van der Waals surface area contributed by atoms with Crippen molar-refractivity contribution in [3.63, 3.8) is 0 Å². The minimum absolute atomic E-state index is 0.00457. The molecule has 1 fully saturated rings. The van der Waals surface area contributed by atoms with Crippen molar-refractivity contribution in [2.45, 2.75) is 89.3 Å². The maximum Gasteiger partial charge on any atom is 0.425 e.